The molecule has 24 heavy (non-hydrogen) atoms. The number of carbonyl (C=O) groups excluding carboxylic acids is 1. The highest BCUT2D eigenvalue weighted by atomic mass is 32.2. The van der Waals surface area contributed by atoms with Crippen molar-refractivity contribution in [3.63, 3.8) is 0 Å². The van der Waals surface area contributed by atoms with E-state index in [0.717, 1.165) is 17.9 Å². The van der Waals surface area contributed by atoms with Crippen LogP contribution in [0.4, 0.5) is 0 Å². The van der Waals surface area contributed by atoms with Crippen LogP contribution in [0.2, 0.25) is 0 Å². The highest BCUT2D eigenvalue weighted by molar-refractivity contribution is 8.00. The number of aryl methyl sites for hydroxylation is 2. The molecule has 2 aromatic rings. The first-order valence-corrected chi connectivity index (χ1v) is 9.56. The lowest BCUT2D eigenvalue weighted by molar-refractivity contribution is -0.120. The molecule has 0 saturated heterocycles. The third-order valence-electron chi connectivity index (χ3n) is 4.54. The molecule has 0 aromatic carbocycles. The maximum Gasteiger partial charge on any atom is 0.253 e. The van der Waals surface area contributed by atoms with E-state index < -0.39 is 0 Å². The fourth-order valence-electron chi connectivity index (χ4n) is 3.19. The maximum absolute atomic E-state index is 12.3. The van der Waals surface area contributed by atoms with Gasteiger partial charge >= 0.3 is 0 Å². The molecule has 1 aliphatic rings. The van der Waals surface area contributed by atoms with Crippen LogP contribution in [0.1, 0.15) is 50.4 Å². The molecule has 0 aliphatic heterocycles. The minimum absolute atomic E-state index is 0.0605. The van der Waals surface area contributed by atoms with E-state index in [9.17, 15) is 4.79 Å². The van der Waals surface area contributed by atoms with Crippen molar-refractivity contribution in [2.75, 3.05) is 6.54 Å². The van der Waals surface area contributed by atoms with Gasteiger partial charge in [-0.1, -0.05) is 31.0 Å². The molecule has 1 amide bonds. The van der Waals surface area contributed by atoms with Crippen molar-refractivity contribution in [2.45, 2.75) is 63.3 Å². The van der Waals surface area contributed by atoms with Gasteiger partial charge in [-0.15, -0.1) is 5.10 Å². The first kappa shape index (κ1) is 17.2. The predicted molar refractivity (Wildman–Crippen MR) is 95.2 cm³/mol. The molecule has 130 valence electrons. The van der Waals surface area contributed by atoms with Crippen molar-refractivity contribution in [3.05, 3.63) is 17.5 Å². The molecule has 0 bridgehead atoms. The van der Waals surface area contributed by atoms with Gasteiger partial charge in [-0.25, -0.2) is 9.50 Å². The van der Waals surface area contributed by atoms with E-state index in [-0.39, 0.29) is 11.2 Å². The third-order valence-corrected chi connectivity index (χ3v) is 5.49. The summed E-state index contributed by atoms with van der Waals surface area (Å²) >= 11 is 1.38. The number of nitrogens with one attached hydrogen (secondary N) is 1. The molecular formula is C17H25N5OS. The summed E-state index contributed by atoms with van der Waals surface area (Å²) in [5.74, 6) is 1.29. The molecule has 2 aromatic heterocycles. The fourth-order valence-corrected chi connectivity index (χ4v) is 3.96. The zero-order chi connectivity index (χ0) is 17.1. The number of nitrogens with zero attached hydrogens (tertiary/aromatic N) is 4. The highest BCUT2D eigenvalue weighted by Crippen LogP contribution is 2.24. The smallest absolute Gasteiger partial charge is 0.253 e. The second-order valence-electron chi connectivity index (χ2n) is 6.65. The first-order valence-electron chi connectivity index (χ1n) is 8.68. The van der Waals surface area contributed by atoms with E-state index >= 15 is 0 Å². The third kappa shape index (κ3) is 4.06. The number of rotatable bonds is 5. The van der Waals surface area contributed by atoms with Gasteiger partial charge < -0.3 is 5.32 Å². The predicted octanol–water partition coefficient (Wildman–Crippen LogP) is 2.92. The van der Waals surface area contributed by atoms with Crippen LogP contribution < -0.4 is 5.32 Å². The van der Waals surface area contributed by atoms with Gasteiger partial charge in [-0.2, -0.15) is 4.98 Å². The minimum Gasteiger partial charge on any atom is -0.355 e. The molecule has 0 spiro atoms. The quantitative estimate of drug-likeness (QED) is 0.842. The summed E-state index contributed by atoms with van der Waals surface area (Å²) < 4.78 is 1.72. The zero-order valence-electron chi connectivity index (χ0n) is 14.6. The van der Waals surface area contributed by atoms with Crippen LogP contribution >= 0.6 is 11.8 Å². The zero-order valence-corrected chi connectivity index (χ0v) is 15.4. The Morgan fingerprint density at radius 3 is 2.83 bits per heavy atom. The summed E-state index contributed by atoms with van der Waals surface area (Å²) in [7, 11) is 0. The number of hydrogen-bond acceptors (Lipinski definition) is 5. The van der Waals surface area contributed by atoms with Gasteiger partial charge in [0.15, 0.2) is 0 Å². The normalized spacial score (nSPS) is 17.1. The topological polar surface area (TPSA) is 72.2 Å². The molecule has 1 atom stereocenters. The summed E-state index contributed by atoms with van der Waals surface area (Å²) in [6, 6.07) is 1.97. The largest absolute Gasteiger partial charge is 0.355 e. The van der Waals surface area contributed by atoms with Gasteiger partial charge in [-0.05, 0) is 45.6 Å². The SMILES string of the molecule is Cc1cc(C)n2nc(SC(C)C(=O)NCC3CCCCC3)nc2n1. The van der Waals surface area contributed by atoms with Crippen LogP contribution in [0.3, 0.4) is 0 Å². The number of thioether (sulfide) groups is 1. The second-order valence-corrected chi connectivity index (χ2v) is 7.96. The van der Waals surface area contributed by atoms with Crippen molar-refractivity contribution in [3.8, 4) is 0 Å². The molecular weight excluding hydrogens is 322 g/mol. The van der Waals surface area contributed by atoms with Gasteiger partial charge in [-0.3, -0.25) is 4.79 Å². The lowest BCUT2D eigenvalue weighted by atomic mass is 9.89. The summed E-state index contributed by atoms with van der Waals surface area (Å²) in [5.41, 5.74) is 1.91. The Bertz CT molecular complexity index is 723. The number of carbonyl (C=O) groups is 1. The monoisotopic (exact) mass is 347 g/mol. The van der Waals surface area contributed by atoms with E-state index in [1.165, 1.54) is 43.9 Å². The Balaban J connectivity index is 1.58. The van der Waals surface area contributed by atoms with Gasteiger partial charge in [0.2, 0.25) is 11.1 Å². The molecule has 2 heterocycles. The molecule has 7 heteroatoms. The van der Waals surface area contributed by atoms with Crippen LogP contribution in [0, 0.1) is 19.8 Å². The maximum atomic E-state index is 12.3. The van der Waals surface area contributed by atoms with E-state index in [1.54, 1.807) is 4.52 Å². The summed E-state index contributed by atoms with van der Waals surface area (Å²) in [6.07, 6.45) is 6.40. The van der Waals surface area contributed by atoms with Crippen molar-refractivity contribution in [2.24, 2.45) is 5.92 Å². The average molecular weight is 347 g/mol. The molecule has 1 aliphatic carbocycles. The van der Waals surface area contributed by atoms with Crippen LogP contribution in [0.25, 0.3) is 5.78 Å². The Morgan fingerprint density at radius 1 is 1.33 bits per heavy atom. The standard InChI is InChI=1S/C17H25N5OS/c1-11-9-12(2)22-16(19-11)20-17(21-22)24-13(3)15(23)18-10-14-7-5-4-6-8-14/h9,13-14H,4-8,10H2,1-3H3,(H,18,23). The molecule has 6 nitrogen and oxygen atoms in total. The molecule has 1 unspecified atom stereocenters. The van der Waals surface area contributed by atoms with Gasteiger partial charge in [0.1, 0.15) is 0 Å². The van der Waals surface area contributed by atoms with Crippen molar-refractivity contribution in [1.29, 1.82) is 0 Å². The summed E-state index contributed by atoms with van der Waals surface area (Å²) in [4.78, 5) is 21.1. The lowest BCUT2D eigenvalue weighted by Crippen LogP contribution is -2.35. The second kappa shape index (κ2) is 7.51. The Hall–Kier alpha value is -1.63. The van der Waals surface area contributed by atoms with Crippen LogP contribution in [-0.4, -0.2) is 37.3 Å². The minimum atomic E-state index is -0.215. The van der Waals surface area contributed by atoms with E-state index in [2.05, 4.69) is 20.4 Å². The van der Waals surface area contributed by atoms with Crippen molar-refractivity contribution >= 4 is 23.4 Å². The molecule has 3 rings (SSSR count). The van der Waals surface area contributed by atoms with Crippen LogP contribution in [0.5, 0.6) is 0 Å². The van der Waals surface area contributed by atoms with E-state index in [1.807, 2.05) is 26.8 Å². The van der Waals surface area contributed by atoms with Crippen molar-refractivity contribution < 1.29 is 4.79 Å². The number of aromatic nitrogens is 4. The molecule has 1 fully saturated rings. The van der Waals surface area contributed by atoms with Crippen molar-refractivity contribution in [1.82, 2.24) is 24.9 Å². The molecule has 0 radical (unpaired) electrons. The molecule has 1 N–H and O–H groups in total. The molecule has 1 saturated carbocycles. The highest BCUT2D eigenvalue weighted by Gasteiger charge is 2.20. The van der Waals surface area contributed by atoms with E-state index in [0.29, 0.717) is 16.9 Å². The Morgan fingerprint density at radius 2 is 2.08 bits per heavy atom. The summed E-state index contributed by atoms with van der Waals surface area (Å²) in [6.45, 7) is 6.61. The van der Waals surface area contributed by atoms with Crippen LogP contribution in [-0.2, 0) is 4.79 Å². The summed E-state index contributed by atoms with van der Waals surface area (Å²) in [5, 5.41) is 7.92. The lowest BCUT2D eigenvalue weighted by Gasteiger charge is -2.22. The Labute approximate surface area is 146 Å². The van der Waals surface area contributed by atoms with Gasteiger partial charge in [0.05, 0.1) is 5.25 Å². The van der Waals surface area contributed by atoms with Crippen LogP contribution in [0.15, 0.2) is 11.2 Å². The first-order chi connectivity index (χ1) is 11.5. The number of fused-ring (bicyclic) bond motifs is 1. The fraction of sp³-hybridized carbons (Fsp3) is 0.647. The van der Waals surface area contributed by atoms with E-state index in [4.69, 9.17) is 0 Å². The van der Waals surface area contributed by atoms with Gasteiger partial charge in [0.25, 0.3) is 5.78 Å². The number of amides is 1. The average Bonchev–Trinajstić information content (AvgIpc) is 2.96. The van der Waals surface area contributed by atoms with Gasteiger partial charge in [0, 0.05) is 17.9 Å². The number of hydrogen-bond donors (Lipinski definition) is 1. The Kier molecular flexibility index (Phi) is 5.38.